The van der Waals surface area contributed by atoms with Gasteiger partial charge >= 0.3 is 0 Å². The second-order valence-corrected chi connectivity index (χ2v) is 6.14. The highest BCUT2D eigenvalue weighted by molar-refractivity contribution is 7.15. The van der Waals surface area contributed by atoms with Gasteiger partial charge in [0.25, 0.3) is 0 Å². The Labute approximate surface area is 131 Å². The predicted molar refractivity (Wildman–Crippen MR) is 84.5 cm³/mol. The number of aromatic nitrogens is 1. The Morgan fingerprint density at radius 1 is 1.29 bits per heavy atom. The second-order valence-electron chi connectivity index (χ2n) is 4.44. The number of hydrogen-bond donors (Lipinski definition) is 2. The Kier molecular flexibility index (Phi) is 4.24. The average Bonchev–Trinajstić information content (AvgIpc) is 3.14. The van der Waals surface area contributed by atoms with E-state index in [-0.39, 0.29) is 6.61 Å². The fraction of sp³-hybridized carbons (Fsp3) is 0.133. The molecule has 21 heavy (non-hydrogen) atoms. The molecule has 0 fully saturated rings. The van der Waals surface area contributed by atoms with Crippen LogP contribution in [0.4, 0.5) is 5.69 Å². The number of hydrogen-bond acceptors (Lipinski definition) is 5. The van der Waals surface area contributed by atoms with E-state index >= 15 is 0 Å². The van der Waals surface area contributed by atoms with Crippen LogP contribution in [0.5, 0.6) is 0 Å². The lowest BCUT2D eigenvalue weighted by Crippen LogP contribution is -1.97. The van der Waals surface area contributed by atoms with Crippen molar-refractivity contribution in [3.05, 3.63) is 57.7 Å². The lowest BCUT2D eigenvalue weighted by Gasteiger charge is -2.06. The van der Waals surface area contributed by atoms with E-state index in [4.69, 9.17) is 21.1 Å². The van der Waals surface area contributed by atoms with Gasteiger partial charge in [-0.1, -0.05) is 23.7 Å². The maximum absolute atomic E-state index is 9.04. The maximum atomic E-state index is 9.04. The zero-order valence-corrected chi connectivity index (χ0v) is 12.6. The molecule has 3 aromatic rings. The number of benzene rings is 1. The Morgan fingerprint density at radius 2 is 2.19 bits per heavy atom. The van der Waals surface area contributed by atoms with Crippen molar-refractivity contribution in [1.29, 1.82) is 0 Å². The first kappa shape index (κ1) is 14.1. The third kappa shape index (κ3) is 3.44. The molecule has 0 unspecified atom stereocenters. The van der Waals surface area contributed by atoms with Crippen molar-refractivity contribution >= 4 is 28.6 Å². The molecule has 2 aromatic heterocycles. The summed E-state index contributed by atoms with van der Waals surface area (Å²) >= 11 is 7.27. The lowest BCUT2D eigenvalue weighted by molar-refractivity contribution is 0.248. The monoisotopic (exact) mass is 320 g/mol. The van der Waals surface area contributed by atoms with Crippen molar-refractivity contribution in [2.45, 2.75) is 13.2 Å². The summed E-state index contributed by atoms with van der Waals surface area (Å²) in [6, 6.07) is 11.5. The molecule has 0 amide bonds. The Bertz CT molecular complexity index is 739. The van der Waals surface area contributed by atoms with E-state index in [1.54, 1.807) is 12.3 Å². The van der Waals surface area contributed by atoms with Gasteiger partial charge in [-0.25, -0.2) is 4.98 Å². The molecule has 0 aliphatic heterocycles. The number of nitrogens with one attached hydrogen (secondary N) is 1. The molecule has 0 aliphatic rings. The van der Waals surface area contributed by atoms with Crippen LogP contribution in [0.25, 0.3) is 11.3 Å². The Morgan fingerprint density at radius 3 is 2.90 bits per heavy atom. The number of anilines is 1. The molecule has 108 valence electrons. The van der Waals surface area contributed by atoms with Gasteiger partial charge in [0.05, 0.1) is 6.54 Å². The molecule has 0 bridgehead atoms. The summed E-state index contributed by atoms with van der Waals surface area (Å²) in [5.74, 6) is 1.30. The number of furan rings is 1. The first-order valence-electron chi connectivity index (χ1n) is 6.38. The summed E-state index contributed by atoms with van der Waals surface area (Å²) in [7, 11) is 0. The van der Waals surface area contributed by atoms with Gasteiger partial charge in [0.1, 0.15) is 18.1 Å². The van der Waals surface area contributed by atoms with Crippen LogP contribution >= 0.6 is 22.9 Å². The van der Waals surface area contributed by atoms with E-state index in [9.17, 15) is 0 Å². The van der Waals surface area contributed by atoms with Crippen LogP contribution in [0.1, 0.15) is 10.6 Å². The summed E-state index contributed by atoms with van der Waals surface area (Å²) in [6.45, 7) is 0.581. The van der Waals surface area contributed by atoms with Gasteiger partial charge in [0, 0.05) is 22.3 Å². The number of aliphatic hydroxyl groups is 1. The SMILES string of the molecule is OCc1ccc(-c2cccc(NCc3cnc(Cl)s3)c2)o1. The van der Waals surface area contributed by atoms with Gasteiger partial charge in [-0.3, -0.25) is 0 Å². The molecule has 4 nitrogen and oxygen atoms in total. The van der Waals surface area contributed by atoms with Crippen LogP contribution in [-0.4, -0.2) is 10.1 Å². The molecule has 0 spiro atoms. The molecular formula is C15H13ClN2O2S. The van der Waals surface area contributed by atoms with E-state index < -0.39 is 0 Å². The van der Waals surface area contributed by atoms with E-state index in [0.29, 0.717) is 16.8 Å². The smallest absolute Gasteiger partial charge is 0.183 e. The third-order valence-corrected chi connectivity index (χ3v) is 4.07. The molecule has 3 rings (SSSR count). The summed E-state index contributed by atoms with van der Waals surface area (Å²) < 4.78 is 6.09. The summed E-state index contributed by atoms with van der Waals surface area (Å²) in [6.07, 6.45) is 1.77. The normalized spacial score (nSPS) is 10.8. The zero-order valence-electron chi connectivity index (χ0n) is 11.0. The highest BCUT2D eigenvalue weighted by atomic mass is 35.5. The highest BCUT2D eigenvalue weighted by Crippen LogP contribution is 2.25. The summed E-state index contributed by atoms with van der Waals surface area (Å²) in [4.78, 5) is 5.09. The van der Waals surface area contributed by atoms with Crippen LogP contribution in [0.15, 0.2) is 47.0 Å². The quantitative estimate of drug-likeness (QED) is 0.741. The molecule has 0 saturated carbocycles. The zero-order chi connectivity index (χ0) is 14.7. The molecule has 0 radical (unpaired) electrons. The lowest BCUT2D eigenvalue weighted by atomic mass is 10.1. The van der Waals surface area contributed by atoms with Gasteiger partial charge in [-0.15, -0.1) is 11.3 Å². The van der Waals surface area contributed by atoms with Crippen LogP contribution in [0.3, 0.4) is 0 Å². The molecule has 0 aliphatic carbocycles. The van der Waals surface area contributed by atoms with E-state index in [2.05, 4.69) is 10.3 Å². The second kappa shape index (κ2) is 6.30. The molecule has 6 heteroatoms. The number of rotatable bonds is 5. The van der Waals surface area contributed by atoms with Crippen molar-refractivity contribution in [3.63, 3.8) is 0 Å². The van der Waals surface area contributed by atoms with Crippen molar-refractivity contribution in [2.24, 2.45) is 0 Å². The highest BCUT2D eigenvalue weighted by Gasteiger charge is 2.05. The fourth-order valence-electron chi connectivity index (χ4n) is 1.95. The van der Waals surface area contributed by atoms with Crippen LogP contribution in [0.2, 0.25) is 4.47 Å². The number of nitrogens with zero attached hydrogens (tertiary/aromatic N) is 1. The Balaban J connectivity index is 1.73. The van der Waals surface area contributed by atoms with Gasteiger partial charge in [-0.2, -0.15) is 0 Å². The topological polar surface area (TPSA) is 58.3 Å². The van der Waals surface area contributed by atoms with Gasteiger partial charge < -0.3 is 14.8 Å². The number of thiazole rings is 1. The van der Waals surface area contributed by atoms with E-state index in [1.807, 2.05) is 30.3 Å². The first-order chi connectivity index (χ1) is 10.2. The van der Waals surface area contributed by atoms with Crippen molar-refractivity contribution in [3.8, 4) is 11.3 Å². The molecule has 2 heterocycles. The molecule has 0 saturated heterocycles. The molecule has 1 aromatic carbocycles. The average molecular weight is 321 g/mol. The molecular weight excluding hydrogens is 308 g/mol. The van der Waals surface area contributed by atoms with Gasteiger partial charge in [-0.05, 0) is 24.3 Å². The number of aliphatic hydroxyl groups excluding tert-OH is 1. The van der Waals surface area contributed by atoms with Crippen LogP contribution in [0, 0.1) is 0 Å². The van der Waals surface area contributed by atoms with Crippen LogP contribution < -0.4 is 5.32 Å². The third-order valence-electron chi connectivity index (χ3n) is 2.96. The van der Waals surface area contributed by atoms with Crippen LogP contribution in [-0.2, 0) is 13.2 Å². The number of halogens is 1. The van der Waals surface area contributed by atoms with Gasteiger partial charge in [0.2, 0.25) is 0 Å². The van der Waals surface area contributed by atoms with Gasteiger partial charge in [0.15, 0.2) is 4.47 Å². The van der Waals surface area contributed by atoms with E-state index in [0.717, 1.165) is 21.9 Å². The maximum Gasteiger partial charge on any atom is 0.183 e. The fourth-order valence-corrected chi connectivity index (χ4v) is 2.87. The molecule has 2 N–H and O–H groups in total. The standard InChI is InChI=1S/C15H13ClN2O2S/c16-15-18-8-13(21-15)7-17-11-3-1-2-10(6-11)14-5-4-12(9-19)20-14/h1-6,8,17,19H,7,9H2. The first-order valence-corrected chi connectivity index (χ1v) is 7.58. The largest absolute Gasteiger partial charge is 0.459 e. The Hall–Kier alpha value is -1.82. The summed E-state index contributed by atoms with van der Waals surface area (Å²) in [5.41, 5.74) is 1.95. The molecule has 0 atom stereocenters. The van der Waals surface area contributed by atoms with Crippen molar-refractivity contribution in [2.75, 3.05) is 5.32 Å². The minimum atomic E-state index is -0.0932. The minimum Gasteiger partial charge on any atom is -0.459 e. The minimum absolute atomic E-state index is 0.0932. The predicted octanol–water partition coefficient (Wildman–Crippen LogP) is 4.16. The van der Waals surface area contributed by atoms with E-state index in [1.165, 1.54) is 11.3 Å². The van der Waals surface area contributed by atoms with Crippen molar-refractivity contribution in [1.82, 2.24) is 4.98 Å². The summed E-state index contributed by atoms with van der Waals surface area (Å²) in [5, 5.41) is 12.4. The van der Waals surface area contributed by atoms with Crippen molar-refractivity contribution < 1.29 is 9.52 Å².